The molecule has 0 aliphatic heterocycles. The maximum absolute atomic E-state index is 13.5. The molecular formula is C16H16ClFN2O3S. The van der Waals surface area contributed by atoms with Crippen LogP contribution in [-0.4, -0.2) is 27.6 Å². The molecule has 1 N–H and O–H groups in total. The number of sulfonamides is 1. The zero-order valence-electron chi connectivity index (χ0n) is 13.1. The lowest BCUT2D eigenvalue weighted by Crippen LogP contribution is -2.26. The third-order valence-electron chi connectivity index (χ3n) is 3.35. The smallest absolute Gasteiger partial charge is 0.232 e. The summed E-state index contributed by atoms with van der Waals surface area (Å²) in [5.41, 5.74) is 0.997. The van der Waals surface area contributed by atoms with Crippen LogP contribution >= 0.6 is 11.6 Å². The molecule has 0 bridgehead atoms. The van der Waals surface area contributed by atoms with Gasteiger partial charge in [-0.3, -0.25) is 9.10 Å². The standard InChI is InChI=1S/C16H16ClFN2O3S/c1-20(24(2,22)23)15-8-7-13(18)10-14(15)19-16(21)9-11-3-5-12(17)6-4-11/h3-8,10H,9H2,1-2H3,(H,19,21). The van der Waals surface area contributed by atoms with E-state index in [2.05, 4.69) is 5.32 Å². The highest BCUT2D eigenvalue weighted by Crippen LogP contribution is 2.27. The molecule has 0 aromatic heterocycles. The second-order valence-electron chi connectivity index (χ2n) is 5.24. The van der Waals surface area contributed by atoms with Crippen molar-refractivity contribution in [2.45, 2.75) is 6.42 Å². The molecule has 5 nitrogen and oxygen atoms in total. The van der Waals surface area contributed by atoms with Crippen molar-refractivity contribution in [1.82, 2.24) is 0 Å². The Morgan fingerprint density at radius 1 is 1.21 bits per heavy atom. The molecule has 0 atom stereocenters. The molecule has 2 aromatic rings. The Hall–Kier alpha value is -2.12. The average Bonchev–Trinajstić information content (AvgIpc) is 2.48. The van der Waals surface area contributed by atoms with E-state index in [-0.39, 0.29) is 17.8 Å². The van der Waals surface area contributed by atoms with Gasteiger partial charge in [0.15, 0.2) is 0 Å². The number of halogens is 2. The first-order valence-electron chi connectivity index (χ1n) is 6.94. The highest BCUT2D eigenvalue weighted by molar-refractivity contribution is 7.92. The van der Waals surface area contributed by atoms with E-state index in [4.69, 9.17) is 11.6 Å². The first-order valence-corrected chi connectivity index (χ1v) is 9.17. The Morgan fingerprint density at radius 2 is 1.83 bits per heavy atom. The van der Waals surface area contributed by atoms with Gasteiger partial charge in [-0.15, -0.1) is 0 Å². The predicted octanol–water partition coefficient (Wildman–Crippen LogP) is 3.06. The molecule has 0 radical (unpaired) electrons. The number of hydrogen-bond acceptors (Lipinski definition) is 3. The van der Waals surface area contributed by atoms with Gasteiger partial charge in [0.1, 0.15) is 5.82 Å². The number of anilines is 2. The van der Waals surface area contributed by atoms with Crippen LogP contribution in [0.2, 0.25) is 5.02 Å². The minimum Gasteiger partial charge on any atom is -0.324 e. The Morgan fingerprint density at radius 3 is 2.42 bits per heavy atom. The molecule has 0 spiro atoms. The number of carbonyl (C=O) groups excluding carboxylic acids is 1. The van der Waals surface area contributed by atoms with E-state index in [0.29, 0.717) is 5.02 Å². The van der Waals surface area contributed by atoms with Crippen LogP contribution in [0.25, 0.3) is 0 Å². The first-order chi connectivity index (χ1) is 11.2. The molecule has 0 saturated carbocycles. The zero-order chi connectivity index (χ0) is 17.9. The minimum absolute atomic E-state index is 0.0513. The summed E-state index contributed by atoms with van der Waals surface area (Å²) in [7, 11) is -2.21. The van der Waals surface area contributed by atoms with Gasteiger partial charge in [0, 0.05) is 12.1 Å². The van der Waals surface area contributed by atoms with Gasteiger partial charge in [-0.25, -0.2) is 12.8 Å². The van der Waals surface area contributed by atoms with Crippen LogP contribution in [0, 0.1) is 5.82 Å². The molecule has 128 valence electrons. The Kier molecular flexibility index (Phi) is 5.46. The largest absolute Gasteiger partial charge is 0.324 e. The topological polar surface area (TPSA) is 66.5 Å². The van der Waals surface area contributed by atoms with E-state index in [1.807, 2.05) is 0 Å². The summed E-state index contributed by atoms with van der Waals surface area (Å²) in [6.07, 6.45) is 1.07. The highest BCUT2D eigenvalue weighted by Gasteiger charge is 2.18. The number of nitrogens with zero attached hydrogens (tertiary/aromatic N) is 1. The summed E-state index contributed by atoms with van der Waals surface area (Å²) in [5, 5.41) is 3.11. The van der Waals surface area contributed by atoms with Crippen LogP contribution in [0.3, 0.4) is 0 Å². The summed E-state index contributed by atoms with van der Waals surface area (Å²) >= 11 is 5.79. The number of rotatable bonds is 5. The van der Waals surface area contributed by atoms with Crippen LogP contribution in [0.1, 0.15) is 5.56 Å². The third-order valence-corrected chi connectivity index (χ3v) is 4.79. The van der Waals surface area contributed by atoms with Crippen molar-refractivity contribution in [3.05, 3.63) is 58.9 Å². The fourth-order valence-corrected chi connectivity index (χ4v) is 2.69. The molecule has 8 heteroatoms. The molecule has 0 unspecified atom stereocenters. The maximum Gasteiger partial charge on any atom is 0.232 e. The molecule has 2 rings (SSSR count). The van der Waals surface area contributed by atoms with E-state index >= 15 is 0 Å². The van der Waals surface area contributed by atoms with E-state index in [9.17, 15) is 17.6 Å². The second-order valence-corrected chi connectivity index (χ2v) is 7.69. The summed E-state index contributed by atoms with van der Waals surface area (Å²) in [6, 6.07) is 10.2. The lowest BCUT2D eigenvalue weighted by molar-refractivity contribution is -0.115. The molecule has 0 saturated heterocycles. The van der Waals surface area contributed by atoms with Gasteiger partial charge in [0.25, 0.3) is 0 Å². The highest BCUT2D eigenvalue weighted by atomic mass is 35.5. The van der Waals surface area contributed by atoms with Crippen LogP contribution in [0.4, 0.5) is 15.8 Å². The summed E-state index contributed by atoms with van der Waals surface area (Å²) in [5.74, 6) is -0.978. The van der Waals surface area contributed by atoms with Gasteiger partial charge >= 0.3 is 0 Å². The van der Waals surface area contributed by atoms with E-state index in [1.165, 1.54) is 13.1 Å². The molecule has 2 aromatic carbocycles. The fourth-order valence-electron chi connectivity index (χ4n) is 2.04. The molecule has 0 heterocycles. The maximum atomic E-state index is 13.5. The zero-order valence-corrected chi connectivity index (χ0v) is 14.7. The van der Waals surface area contributed by atoms with Gasteiger partial charge < -0.3 is 5.32 Å². The number of nitrogens with one attached hydrogen (secondary N) is 1. The number of benzene rings is 2. The number of hydrogen-bond donors (Lipinski definition) is 1. The van der Waals surface area contributed by atoms with Gasteiger partial charge in [0.05, 0.1) is 24.1 Å². The number of carbonyl (C=O) groups is 1. The van der Waals surface area contributed by atoms with Gasteiger partial charge in [-0.1, -0.05) is 23.7 Å². The van der Waals surface area contributed by atoms with Crippen molar-refractivity contribution < 1.29 is 17.6 Å². The molecule has 0 aliphatic carbocycles. The molecule has 1 amide bonds. The summed E-state index contributed by atoms with van der Waals surface area (Å²) in [6.45, 7) is 0. The van der Waals surface area contributed by atoms with E-state index in [0.717, 1.165) is 28.3 Å². The molecule has 0 fully saturated rings. The lowest BCUT2D eigenvalue weighted by atomic mass is 10.1. The summed E-state index contributed by atoms with van der Waals surface area (Å²) < 4.78 is 37.8. The van der Waals surface area contributed by atoms with Crippen molar-refractivity contribution in [3.8, 4) is 0 Å². The second kappa shape index (κ2) is 7.19. The van der Waals surface area contributed by atoms with Crippen molar-refractivity contribution in [3.63, 3.8) is 0 Å². The normalized spacial score (nSPS) is 11.2. The minimum atomic E-state index is -3.55. The van der Waals surface area contributed by atoms with Crippen LogP contribution in [-0.2, 0) is 21.2 Å². The van der Waals surface area contributed by atoms with E-state index < -0.39 is 21.7 Å². The monoisotopic (exact) mass is 370 g/mol. The average molecular weight is 371 g/mol. The van der Waals surface area contributed by atoms with Crippen LogP contribution in [0.15, 0.2) is 42.5 Å². The van der Waals surface area contributed by atoms with Crippen LogP contribution < -0.4 is 9.62 Å². The van der Waals surface area contributed by atoms with E-state index in [1.54, 1.807) is 24.3 Å². The quantitative estimate of drug-likeness (QED) is 0.879. The Labute approximate surface area is 145 Å². The van der Waals surface area contributed by atoms with Crippen molar-refractivity contribution >= 4 is 38.9 Å². The van der Waals surface area contributed by atoms with Crippen molar-refractivity contribution in [2.24, 2.45) is 0 Å². The SMILES string of the molecule is CN(c1ccc(F)cc1NC(=O)Cc1ccc(Cl)cc1)S(C)(=O)=O. The predicted molar refractivity (Wildman–Crippen MR) is 93.4 cm³/mol. The fraction of sp³-hybridized carbons (Fsp3) is 0.188. The molecular weight excluding hydrogens is 355 g/mol. The van der Waals surface area contributed by atoms with Gasteiger partial charge in [-0.2, -0.15) is 0 Å². The first kappa shape index (κ1) is 18.2. The Balaban J connectivity index is 2.23. The molecule has 24 heavy (non-hydrogen) atoms. The molecule has 0 aliphatic rings. The Bertz CT molecular complexity index is 854. The third kappa shape index (κ3) is 4.69. The van der Waals surface area contributed by atoms with Crippen molar-refractivity contribution in [1.29, 1.82) is 0 Å². The van der Waals surface area contributed by atoms with Crippen LogP contribution in [0.5, 0.6) is 0 Å². The van der Waals surface area contributed by atoms with Gasteiger partial charge in [0.2, 0.25) is 15.9 Å². The summed E-state index contributed by atoms with van der Waals surface area (Å²) in [4.78, 5) is 12.2. The van der Waals surface area contributed by atoms with Gasteiger partial charge in [-0.05, 0) is 35.9 Å². The van der Waals surface area contributed by atoms with Crippen molar-refractivity contribution in [2.75, 3.05) is 22.9 Å². The lowest BCUT2D eigenvalue weighted by Gasteiger charge is -2.20. The number of amides is 1.